The first-order valence-electron chi connectivity index (χ1n) is 9.22. The van der Waals surface area contributed by atoms with E-state index < -0.39 is 10.8 Å². The second kappa shape index (κ2) is 9.05. The number of hydrogen-bond acceptors (Lipinski definition) is 5. The van der Waals surface area contributed by atoms with Crippen molar-refractivity contribution < 1.29 is 19.2 Å². The third kappa shape index (κ3) is 5.01. The fourth-order valence-electron chi connectivity index (χ4n) is 3.24. The van der Waals surface area contributed by atoms with Crippen molar-refractivity contribution in [2.45, 2.75) is 18.9 Å². The van der Waals surface area contributed by atoms with Gasteiger partial charge in [-0.25, -0.2) is 4.79 Å². The summed E-state index contributed by atoms with van der Waals surface area (Å²) < 4.78 is 5.09. The highest BCUT2D eigenvalue weighted by molar-refractivity contribution is 5.98. The number of nitro benzene ring substituents is 1. The highest BCUT2D eigenvalue weighted by Gasteiger charge is 2.29. The number of para-hydroxylation sites is 1. The Kier molecular flexibility index (Phi) is 6.28. The highest BCUT2D eigenvalue weighted by atomic mass is 16.6. The van der Waals surface area contributed by atoms with Gasteiger partial charge in [0, 0.05) is 30.9 Å². The minimum atomic E-state index is -0.575. The van der Waals surface area contributed by atoms with Gasteiger partial charge in [-0.1, -0.05) is 18.2 Å². The molecule has 2 aromatic carbocycles. The Morgan fingerprint density at radius 2 is 1.83 bits per heavy atom. The van der Waals surface area contributed by atoms with Gasteiger partial charge >= 0.3 is 6.03 Å². The van der Waals surface area contributed by atoms with Crippen LogP contribution in [0.2, 0.25) is 0 Å². The van der Waals surface area contributed by atoms with Gasteiger partial charge in [0.2, 0.25) is 0 Å². The van der Waals surface area contributed by atoms with Crippen LogP contribution in [-0.4, -0.2) is 48.0 Å². The number of likely N-dealkylation sites (tertiary alicyclic amines) is 1. The molecule has 0 aliphatic carbocycles. The summed E-state index contributed by atoms with van der Waals surface area (Å²) in [7, 11) is 1.44. The second-order valence-electron chi connectivity index (χ2n) is 6.67. The molecule has 0 unspecified atom stereocenters. The highest BCUT2D eigenvalue weighted by Crippen LogP contribution is 2.26. The summed E-state index contributed by atoms with van der Waals surface area (Å²) in [6.45, 7) is 0.785. The molecule has 3 rings (SSSR count). The van der Waals surface area contributed by atoms with E-state index in [2.05, 4.69) is 10.6 Å². The molecule has 0 saturated carbocycles. The smallest absolute Gasteiger partial charge is 0.319 e. The van der Waals surface area contributed by atoms with Gasteiger partial charge in [0.25, 0.3) is 11.6 Å². The number of hydrogen-bond donors (Lipinski definition) is 2. The number of nitrogens with one attached hydrogen (secondary N) is 2. The monoisotopic (exact) mass is 398 g/mol. The van der Waals surface area contributed by atoms with Crippen molar-refractivity contribution in [3.8, 4) is 5.75 Å². The molecular weight excluding hydrogens is 376 g/mol. The number of carbonyl (C=O) groups excluding carboxylic acids is 2. The molecule has 0 spiro atoms. The van der Waals surface area contributed by atoms with Crippen LogP contribution in [0.3, 0.4) is 0 Å². The maximum atomic E-state index is 12.8. The van der Waals surface area contributed by atoms with E-state index in [0.29, 0.717) is 37.4 Å². The molecule has 1 heterocycles. The van der Waals surface area contributed by atoms with E-state index in [1.54, 1.807) is 17.0 Å². The maximum absolute atomic E-state index is 12.8. The summed E-state index contributed by atoms with van der Waals surface area (Å²) in [5.74, 6) is -0.0316. The lowest BCUT2D eigenvalue weighted by molar-refractivity contribution is -0.385. The number of rotatable bonds is 5. The van der Waals surface area contributed by atoms with Gasteiger partial charge in [0.05, 0.1) is 12.0 Å². The Morgan fingerprint density at radius 3 is 2.45 bits per heavy atom. The fraction of sp³-hybridized carbons (Fsp3) is 0.300. The van der Waals surface area contributed by atoms with Gasteiger partial charge in [-0.05, 0) is 37.1 Å². The summed E-state index contributed by atoms with van der Waals surface area (Å²) >= 11 is 0. The van der Waals surface area contributed by atoms with Gasteiger partial charge in [-0.3, -0.25) is 14.9 Å². The Labute approximate surface area is 167 Å². The number of methoxy groups -OCH3 is 1. The molecule has 9 heteroatoms. The molecule has 1 aliphatic rings. The molecule has 1 saturated heterocycles. The van der Waals surface area contributed by atoms with Crippen LogP contribution in [0.25, 0.3) is 0 Å². The van der Waals surface area contributed by atoms with E-state index in [0.717, 1.165) is 0 Å². The molecular formula is C20H22N4O5. The minimum absolute atomic E-state index is 0.00239. The van der Waals surface area contributed by atoms with E-state index in [1.807, 2.05) is 18.2 Å². The van der Waals surface area contributed by atoms with Gasteiger partial charge in [0.1, 0.15) is 11.3 Å². The predicted molar refractivity (Wildman–Crippen MR) is 107 cm³/mol. The van der Waals surface area contributed by atoms with Gasteiger partial charge in [0.15, 0.2) is 0 Å². The second-order valence-corrected chi connectivity index (χ2v) is 6.67. The fourth-order valence-corrected chi connectivity index (χ4v) is 3.24. The van der Waals surface area contributed by atoms with E-state index in [9.17, 15) is 19.7 Å². The summed E-state index contributed by atoms with van der Waals surface area (Å²) in [6, 6.07) is 12.8. The third-order valence-corrected chi connectivity index (χ3v) is 4.78. The topological polar surface area (TPSA) is 114 Å². The van der Waals surface area contributed by atoms with Crippen molar-refractivity contribution in [3.63, 3.8) is 0 Å². The molecule has 3 amide bonds. The molecule has 29 heavy (non-hydrogen) atoms. The van der Waals surface area contributed by atoms with Crippen LogP contribution in [0.15, 0.2) is 48.5 Å². The molecule has 2 N–H and O–H groups in total. The van der Waals surface area contributed by atoms with E-state index in [1.165, 1.54) is 25.3 Å². The number of benzene rings is 2. The SMILES string of the molecule is COc1ccc([N+](=O)[O-])c(C(=O)N2CCC(NC(=O)Nc3ccccc3)CC2)c1. The first-order chi connectivity index (χ1) is 14.0. The van der Waals surface area contributed by atoms with Crippen molar-refractivity contribution in [2.24, 2.45) is 0 Å². The molecule has 0 radical (unpaired) electrons. The van der Waals surface area contributed by atoms with E-state index in [-0.39, 0.29) is 23.3 Å². The van der Waals surface area contributed by atoms with Crippen LogP contribution in [0.1, 0.15) is 23.2 Å². The minimum Gasteiger partial charge on any atom is -0.497 e. The number of carbonyl (C=O) groups is 2. The zero-order valence-electron chi connectivity index (χ0n) is 16.0. The van der Waals surface area contributed by atoms with Gasteiger partial charge in [-0.15, -0.1) is 0 Å². The molecule has 0 aromatic heterocycles. The standard InChI is InChI=1S/C20H22N4O5/c1-29-16-7-8-18(24(27)28)17(13-16)19(25)23-11-9-15(10-12-23)22-20(26)21-14-5-3-2-4-6-14/h2-8,13,15H,9-12H2,1H3,(H2,21,22,26). The molecule has 1 fully saturated rings. The van der Waals surface area contributed by atoms with Crippen molar-refractivity contribution in [3.05, 3.63) is 64.2 Å². The number of nitro groups is 1. The number of nitrogens with zero attached hydrogens (tertiary/aromatic N) is 2. The Hall–Kier alpha value is -3.62. The quantitative estimate of drug-likeness (QED) is 0.594. The molecule has 152 valence electrons. The van der Waals surface area contributed by atoms with Crippen LogP contribution in [0.4, 0.5) is 16.2 Å². The number of piperidine rings is 1. The molecule has 0 bridgehead atoms. The normalized spacial score (nSPS) is 14.2. The third-order valence-electron chi connectivity index (χ3n) is 4.78. The van der Waals surface area contributed by atoms with Gasteiger partial charge < -0.3 is 20.3 Å². The Balaban J connectivity index is 1.58. The van der Waals surface area contributed by atoms with Crippen LogP contribution in [0, 0.1) is 10.1 Å². The zero-order valence-corrected chi connectivity index (χ0v) is 16.0. The largest absolute Gasteiger partial charge is 0.497 e. The van der Waals surface area contributed by atoms with Crippen LogP contribution >= 0.6 is 0 Å². The van der Waals surface area contributed by atoms with Crippen LogP contribution < -0.4 is 15.4 Å². The van der Waals surface area contributed by atoms with Crippen LogP contribution in [-0.2, 0) is 0 Å². The van der Waals surface area contributed by atoms with Crippen molar-refractivity contribution in [1.82, 2.24) is 10.2 Å². The average Bonchev–Trinajstić information content (AvgIpc) is 2.74. The van der Waals surface area contributed by atoms with Crippen molar-refractivity contribution in [2.75, 3.05) is 25.5 Å². The lowest BCUT2D eigenvalue weighted by atomic mass is 10.0. The first kappa shape index (κ1) is 20.1. The summed E-state index contributed by atoms with van der Waals surface area (Å²) in [5, 5.41) is 16.9. The summed E-state index contributed by atoms with van der Waals surface area (Å²) in [6.07, 6.45) is 1.12. The van der Waals surface area contributed by atoms with Gasteiger partial charge in [-0.2, -0.15) is 0 Å². The summed E-state index contributed by atoms with van der Waals surface area (Å²) in [4.78, 5) is 37.2. The Morgan fingerprint density at radius 1 is 1.14 bits per heavy atom. The average molecular weight is 398 g/mol. The first-order valence-corrected chi connectivity index (χ1v) is 9.22. The molecule has 2 aromatic rings. The predicted octanol–water partition coefficient (Wildman–Crippen LogP) is 3.03. The van der Waals surface area contributed by atoms with Crippen molar-refractivity contribution >= 4 is 23.3 Å². The molecule has 9 nitrogen and oxygen atoms in total. The lowest BCUT2D eigenvalue weighted by Crippen LogP contribution is -2.47. The summed E-state index contributed by atoms with van der Waals surface area (Å²) in [5.41, 5.74) is 0.448. The Bertz CT molecular complexity index is 895. The van der Waals surface area contributed by atoms with Crippen LogP contribution in [0.5, 0.6) is 5.75 Å². The lowest BCUT2D eigenvalue weighted by Gasteiger charge is -2.32. The van der Waals surface area contributed by atoms with Crippen molar-refractivity contribution in [1.29, 1.82) is 0 Å². The maximum Gasteiger partial charge on any atom is 0.319 e. The number of anilines is 1. The number of urea groups is 1. The van der Waals surface area contributed by atoms with E-state index >= 15 is 0 Å². The van der Waals surface area contributed by atoms with E-state index in [4.69, 9.17) is 4.74 Å². The zero-order chi connectivity index (χ0) is 20.8. The molecule has 0 atom stereocenters. The number of ether oxygens (including phenoxy) is 1. The number of amides is 3. The molecule has 1 aliphatic heterocycles.